The number of ether oxygens (including phenoxy) is 2. The van der Waals surface area contributed by atoms with Gasteiger partial charge in [0.1, 0.15) is 23.4 Å². The summed E-state index contributed by atoms with van der Waals surface area (Å²) in [5, 5.41) is 5.56. The average Bonchev–Trinajstić information content (AvgIpc) is 2.91. The molecule has 0 fully saturated rings. The van der Waals surface area contributed by atoms with Gasteiger partial charge in [0.15, 0.2) is 0 Å². The van der Waals surface area contributed by atoms with Crippen molar-refractivity contribution >= 4 is 23.8 Å². The van der Waals surface area contributed by atoms with Crippen LogP contribution in [-0.4, -0.2) is 47.1 Å². The Labute approximate surface area is 260 Å². The van der Waals surface area contributed by atoms with Gasteiger partial charge in [0.2, 0.25) is 11.5 Å². The third-order valence-electron chi connectivity index (χ3n) is 7.04. The van der Waals surface area contributed by atoms with Crippen molar-refractivity contribution < 1.29 is 28.7 Å². The van der Waals surface area contributed by atoms with E-state index < -0.39 is 46.9 Å². The first-order chi connectivity index (χ1) is 20.4. The van der Waals surface area contributed by atoms with Crippen LogP contribution in [0.3, 0.4) is 0 Å². The predicted molar refractivity (Wildman–Crippen MR) is 169 cm³/mol. The first-order valence-corrected chi connectivity index (χ1v) is 14.8. The standard InChI is InChI=1S/C33H49N5O6/c1-21(2)18-25(37-29(41)33(31(3,4)5,44-30(34)42)20-23-12-10-9-11-13-23)27(39)36-26(28(40)38-35)19-22-14-16-24(17-15-22)43-32(6,7)8/h9-17,21,25-26H,18-20,35H2,1-8H3,(H2,34,42)(H,36,39)(H,37,41)(H,38,40)/t25-,26-,33+/m0/s1. The second-order valence-electron chi connectivity index (χ2n) is 13.4. The molecule has 4 amide bonds. The minimum Gasteiger partial charge on any atom is -0.488 e. The fraction of sp³-hybridized carbons (Fsp3) is 0.515. The van der Waals surface area contributed by atoms with Crippen molar-refractivity contribution in [2.24, 2.45) is 22.9 Å². The molecule has 11 nitrogen and oxygen atoms in total. The smallest absolute Gasteiger partial charge is 0.405 e. The zero-order chi connectivity index (χ0) is 33.3. The Kier molecular flexibility index (Phi) is 12.3. The van der Waals surface area contributed by atoms with Gasteiger partial charge in [-0.3, -0.25) is 19.8 Å². The molecule has 0 saturated heterocycles. The molecular formula is C33H49N5O6. The van der Waals surface area contributed by atoms with E-state index in [9.17, 15) is 19.2 Å². The topological polar surface area (TPSA) is 175 Å². The fourth-order valence-electron chi connectivity index (χ4n) is 4.82. The van der Waals surface area contributed by atoms with Crippen molar-refractivity contribution in [2.45, 2.75) is 97.9 Å². The molecule has 44 heavy (non-hydrogen) atoms. The van der Waals surface area contributed by atoms with Crippen molar-refractivity contribution in [1.29, 1.82) is 0 Å². The summed E-state index contributed by atoms with van der Waals surface area (Å²) >= 11 is 0. The molecule has 0 aliphatic heterocycles. The Morgan fingerprint density at radius 1 is 0.795 bits per heavy atom. The van der Waals surface area contributed by atoms with E-state index in [1.165, 1.54) is 0 Å². The summed E-state index contributed by atoms with van der Waals surface area (Å²) in [5.41, 5.74) is 6.04. The van der Waals surface area contributed by atoms with Crippen LogP contribution in [0, 0.1) is 11.3 Å². The molecule has 0 aromatic heterocycles. The summed E-state index contributed by atoms with van der Waals surface area (Å²) in [5.74, 6) is 4.24. The molecule has 0 heterocycles. The first-order valence-electron chi connectivity index (χ1n) is 14.8. The van der Waals surface area contributed by atoms with Gasteiger partial charge in [-0.1, -0.05) is 77.1 Å². The number of rotatable bonds is 13. The van der Waals surface area contributed by atoms with E-state index in [2.05, 4.69) is 16.1 Å². The van der Waals surface area contributed by atoms with Gasteiger partial charge in [-0.15, -0.1) is 0 Å². The summed E-state index contributed by atoms with van der Waals surface area (Å²) < 4.78 is 11.5. The Hall–Kier alpha value is -4.12. The highest BCUT2D eigenvalue weighted by Crippen LogP contribution is 2.38. The molecule has 11 heteroatoms. The maximum atomic E-state index is 14.1. The zero-order valence-corrected chi connectivity index (χ0v) is 27.2. The van der Waals surface area contributed by atoms with Gasteiger partial charge in [-0.2, -0.15) is 0 Å². The van der Waals surface area contributed by atoms with E-state index >= 15 is 0 Å². The maximum absolute atomic E-state index is 14.1. The van der Waals surface area contributed by atoms with Crippen molar-refractivity contribution in [1.82, 2.24) is 16.1 Å². The van der Waals surface area contributed by atoms with Crippen LogP contribution in [0.5, 0.6) is 5.75 Å². The largest absolute Gasteiger partial charge is 0.488 e. The molecule has 3 atom stereocenters. The molecule has 0 radical (unpaired) electrons. The van der Waals surface area contributed by atoms with E-state index in [0.29, 0.717) is 5.75 Å². The molecule has 242 valence electrons. The quantitative estimate of drug-likeness (QED) is 0.131. The number of hydrogen-bond acceptors (Lipinski definition) is 7. The van der Waals surface area contributed by atoms with Crippen LogP contribution in [-0.2, 0) is 32.0 Å². The molecule has 0 bridgehead atoms. The minimum absolute atomic E-state index is 0.0154. The zero-order valence-electron chi connectivity index (χ0n) is 27.2. The Bertz CT molecular complexity index is 1270. The highest BCUT2D eigenvalue weighted by molar-refractivity contribution is 5.95. The van der Waals surface area contributed by atoms with Gasteiger partial charge >= 0.3 is 6.09 Å². The normalized spacial score (nSPS) is 14.5. The molecule has 0 aliphatic carbocycles. The van der Waals surface area contributed by atoms with Gasteiger partial charge in [0.05, 0.1) is 0 Å². The highest BCUT2D eigenvalue weighted by atomic mass is 16.6. The number of hydrogen-bond donors (Lipinski definition) is 5. The Morgan fingerprint density at radius 2 is 1.39 bits per heavy atom. The molecule has 0 saturated carbocycles. The number of benzene rings is 2. The van der Waals surface area contributed by atoms with Gasteiger partial charge in [0, 0.05) is 18.3 Å². The SMILES string of the molecule is CC(C)C[C@H](NC(=O)[C@@](Cc1ccccc1)(OC(N)=O)C(C)(C)C)C(=O)N[C@@H](Cc1ccc(OC(C)(C)C)cc1)C(=O)NN. The number of primary amides is 1. The lowest BCUT2D eigenvalue weighted by atomic mass is 9.71. The van der Waals surface area contributed by atoms with Gasteiger partial charge < -0.3 is 25.8 Å². The van der Waals surface area contributed by atoms with Crippen LogP contribution in [0.15, 0.2) is 54.6 Å². The number of carbonyl (C=O) groups is 4. The van der Waals surface area contributed by atoms with Gasteiger partial charge in [-0.05, 0) is 56.4 Å². The summed E-state index contributed by atoms with van der Waals surface area (Å²) in [7, 11) is 0. The molecule has 2 aromatic rings. The third-order valence-corrected chi connectivity index (χ3v) is 7.04. The number of amides is 4. The van der Waals surface area contributed by atoms with Gasteiger partial charge in [-0.25, -0.2) is 10.6 Å². The van der Waals surface area contributed by atoms with Crippen molar-refractivity contribution in [3.05, 3.63) is 65.7 Å². The molecule has 0 aliphatic rings. The predicted octanol–water partition coefficient (Wildman–Crippen LogP) is 3.53. The summed E-state index contributed by atoms with van der Waals surface area (Å²) in [6.07, 6.45) is -0.711. The monoisotopic (exact) mass is 611 g/mol. The summed E-state index contributed by atoms with van der Waals surface area (Å²) in [6.45, 7) is 14.9. The minimum atomic E-state index is -1.75. The Morgan fingerprint density at radius 3 is 1.86 bits per heavy atom. The molecule has 0 unspecified atom stereocenters. The number of nitrogens with one attached hydrogen (secondary N) is 3. The lowest BCUT2D eigenvalue weighted by Crippen LogP contribution is -2.64. The van der Waals surface area contributed by atoms with E-state index in [4.69, 9.17) is 21.1 Å². The van der Waals surface area contributed by atoms with E-state index in [-0.39, 0.29) is 30.8 Å². The molecular weight excluding hydrogens is 562 g/mol. The van der Waals surface area contributed by atoms with Crippen LogP contribution < -0.4 is 32.4 Å². The van der Waals surface area contributed by atoms with Crippen molar-refractivity contribution in [3.63, 3.8) is 0 Å². The second kappa shape index (κ2) is 15.1. The molecule has 0 spiro atoms. The summed E-state index contributed by atoms with van der Waals surface area (Å²) in [4.78, 5) is 52.7. The van der Waals surface area contributed by atoms with E-state index in [1.807, 2.05) is 65.0 Å². The van der Waals surface area contributed by atoms with Crippen molar-refractivity contribution in [2.75, 3.05) is 0 Å². The van der Waals surface area contributed by atoms with Crippen LogP contribution in [0.25, 0.3) is 0 Å². The number of nitrogens with two attached hydrogens (primary N) is 2. The van der Waals surface area contributed by atoms with Crippen molar-refractivity contribution in [3.8, 4) is 5.75 Å². The van der Waals surface area contributed by atoms with E-state index in [0.717, 1.165) is 11.1 Å². The van der Waals surface area contributed by atoms with Gasteiger partial charge in [0.25, 0.3) is 11.8 Å². The van der Waals surface area contributed by atoms with Crippen LogP contribution in [0.4, 0.5) is 4.79 Å². The van der Waals surface area contributed by atoms with Crippen LogP contribution in [0.2, 0.25) is 0 Å². The lowest BCUT2D eigenvalue weighted by Gasteiger charge is -2.42. The Balaban J connectivity index is 2.37. The average molecular weight is 612 g/mol. The second-order valence-corrected chi connectivity index (χ2v) is 13.4. The lowest BCUT2D eigenvalue weighted by molar-refractivity contribution is -0.154. The third kappa shape index (κ3) is 10.6. The number of hydrazine groups is 1. The van der Waals surface area contributed by atoms with Crippen LogP contribution in [0.1, 0.15) is 72.9 Å². The summed E-state index contributed by atoms with van der Waals surface area (Å²) in [6, 6.07) is 14.2. The van der Waals surface area contributed by atoms with E-state index in [1.54, 1.807) is 45.0 Å². The molecule has 2 aromatic carbocycles. The highest BCUT2D eigenvalue weighted by Gasteiger charge is 2.53. The molecule has 2 rings (SSSR count). The number of carbonyl (C=O) groups excluding carboxylic acids is 4. The maximum Gasteiger partial charge on any atom is 0.405 e. The first kappa shape index (κ1) is 36.1. The van der Waals surface area contributed by atoms with Crippen LogP contribution >= 0.6 is 0 Å². The molecule has 7 N–H and O–H groups in total. The fourth-order valence-corrected chi connectivity index (χ4v) is 4.82.